The fourth-order valence-corrected chi connectivity index (χ4v) is 5.77. The Balaban J connectivity index is 1.60. The SMILES string of the molecule is CCC(C)c1ccc(S(=O)(=O)N2CCN(Cc3ccc(S(=O)(=O)C(F)F)cc3)CC2)cc1. The van der Waals surface area contributed by atoms with E-state index in [2.05, 4.69) is 18.7 Å². The third kappa shape index (κ3) is 5.36. The summed E-state index contributed by atoms with van der Waals surface area (Å²) in [6.07, 6.45) is 0.985. The molecule has 1 saturated heterocycles. The highest BCUT2D eigenvalue weighted by molar-refractivity contribution is 7.91. The van der Waals surface area contributed by atoms with Gasteiger partial charge in [0.05, 0.1) is 9.79 Å². The monoisotopic (exact) mass is 486 g/mol. The highest BCUT2D eigenvalue weighted by atomic mass is 32.2. The first-order valence-electron chi connectivity index (χ1n) is 10.5. The Morgan fingerprint density at radius 2 is 1.38 bits per heavy atom. The Bertz CT molecular complexity index is 1110. The van der Waals surface area contributed by atoms with Crippen LogP contribution in [0.3, 0.4) is 0 Å². The van der Waals surface area contributed by atoms with Crippen molar-refractivity contribution in [3.63, 3.8) is 0 Å². The summed E-state index contributed by atoms with van der Waals surface area (Å²) in [7, 11) is -8.18. The average molecular weight is 487 g/mol. The molecule has 0 saturated carbocycles. The van der Waals surface area contributed by atoms with E-state index in [-0.39, 0.29) is 4.90 Å². The summed E-state index contributed by atoms with van der Waals surface area (Å²) < 4.78 is 75.8. The second-order valence-electron chi connectivity index (χ2n) is 8.01. The maximum Gasteiger partial charge on any atom is 0.341 e. The van der Waals surface area contributed by atoms with Crippen LogP contribution in [-0.4, -0.2) is 58.0 Å². The van der Waals surface area contributed by atoms with Gasteiger partial charge in [-0.2, -0.15) is 13.1 Å². The van der Waals surface area contributed by atoms with Crippen molar-refractivity contribution in [1.29, 1.82) is 0 Å². The molecule has 176 valence electrons. The zero-order valence-electron chi connectivity index (χ0n) is 18.1. The van der Waals surface area contributed by atoms with Crippen molar-refractivity contribution in [2.24, 2.45) is 0 Å². The fourth-order valence-electron chi connectivity index (χ4n) is 3.63. The van der Waals surface area contributed by atoms with Crippen molar-refractivity contribution in [1.82, 2.24) is 9.21 Å². The summed E-state index contributed by atoms with van der Waals surface area (Å²) in [5.74, 6) is -3.07. The molecule has 0 bridgehead atoms. The lowest BCUT2D eigenvalue weighted by Gasteiger charge is -2.34. The highest BCUT2D eigenvalue weighted by Gasteiger charge is 2.29. The maximum atomic E-state index is 13.0. The van der Waals surface area contributed by atoms with Gasteiger partial charge in [0.1, 0.15) is 0 Å². The first-order chi connectivity index (χ1) is 15.1. The Labute approximate surface area is 188 Å². The number of hydrogen-bond acceptors (Lipinski definition) is 5. The number of halogens is 2. The molecule has 2 aromatic carbocycles. The first kappa shape index (κ1) is 24.8. The van der Waals surface area contributed by atoms with Gasteiger partial charge >= 0.3 is 5.76 Å². The van der Waals surface area contributed by atoms with Crippen molar-refractivity contribution in [3.05, 3.63) is 59.7 Å². The van der Waals surface area contributed by atoms with Crippen LogP contribution in [0.4, 0.5) is 8.78 Å². The van der Waals surface area contributed by atoms with E-state index in [1.165, 1.54) is 28.6 Å². The van der Waals surface area contributed by atoms with Gasteiger partial charge in [-0.15, -0.1) is 0 Å². The van der Waals surface area contributed by atoms with Gasteiger partial charge in [0, 0.05) is 32.7 Å². The van der Waals surface area contributed by atoms with Gasteiger partial charge in [0.2, 0.25) is 19.9 Å². The second-order valence-corrected chi connectivity index (χ2v) is 11.9. The van der Waals surface area contributed by atoms with E-state index in [4.69, 9.17) is 0 Å². The molecule has 32 heavy (non-hydrogen) atoms. The molecule has 0 amide bonds. The molecule has 10 heteroatoms. The van der Waals surface area contributed by atoms with Crippen LogP contribution in [0.15, 0.2) is 58.3 Å². The lowest BCUT2D eigenvalue weighted by atomic mass is 9.99. The molecule has 2 aromatic rings. The van der Waals surface area contributed by atoms with Crippen molar-refractivity contribution in [2.75, 3.05) is 26.2 Å². The number of benzene rings is 2. The van der Waals surface area contributed by atoms with Crippen molar-refractivity contribution >= 4 is 19.9 Å². The second kappa shape index (κ2) is 9.94. The summed E-state index contributed by atoms with van der Waals surface area (Å²) in [4.78, 5) is 1.93. The average Bonchev–Trinajstić information content (AvgIpc) is 2.79. The van der Waals surface area contributed by atoms with E-state index in [0.717, 1.165) is 17.5 Å². The molecular weight excluding hydrogens is 458 g/mol. The van der Waals surface area contributed by atoms with Gasteiger partial charge in [-0.25, -0.2) is 16.8 Å². The number of sulfone groups is 1. The zero-order chi connectivity index (χ0) is 23.5. The molecule has 0 aliphatic carbocycles. The van der Waals surface area contributed by atoms with Crippen LogP contribution in [-0.2, 0) is 26.4 Å². The van der Waals surface area contributed by atoms with Crippen molar-refractivity contribution in [2.45, 2.75) is 48.3 Å². The molecule has 1 heterocycles. The lowest BCUT2D eigenvalue weighted by Crippen LogP contribution is -2.48. The number of piperazine rings is 1. The van der Waals surface area contributed by atoms with Crippen LogP contribution in [0.25, 0.3) is 0 Å². The van der Waals surface area contributed by atoms with Crippen LogP contribution in [0, 0.1) is 0 Å². The molecule has 1 atom stereocenters. The van der Waals surface area contributed by atoms with Gasteiger partial charge < -0.3 is 0 Å². The fraction of sp³-hybridized carbons (Fsp3) is 0.455. The molecule has 0 N–H and O–H groups in total. The summed E-state index contributed by atoms with van der Waals surface area (Å²) in [6, 6.07) is 12.5. The van der Waals surface area contributed by atoms with E-state index in [9.17, 15) is 25.6 Å². The normalized spacial score (nSPS) is 17.5. The molecule has 6 nitrogen and oxygen atoms in total. The molecule has 3 rings (SSSR count). The van der Waals surface area contributed by atoms with Crippen LogP contribution in [0.5, 0.6) is 0 Å². The first-order valence-corrected chi connectivity index (χ1v) is 13.5. The molecular formula is C22H28F2N2O4S2. The van der Waals surface area contributed by atoms with E-state index in [1.807, 2.05) is 12.1 Å². The Hall–Kier alpha value is -1.88. The molecule has 1 unspecified atom stereocenters. The number of alkyl halides is 2. The minimum atomic E-state index is -4.61. The van der Waals surface area contributed by atoms with Crippen molar-refractivity contribution < 1.29 is 25.6 Å². The summed E-state index contributed by atoms with van der Waals surface area (Å²) in [5, 5.41) is 0. The number of hydrogen-bond donors (Lipinski definition) is 0. The van der Waals surface area contributed by atoms with Crippen LogP contribution < -0.4 is 0 Å². The Morgan fingerprint density at radius 1 is 0.844 bits per heavy atom. The third-order valence-electron chi connectivity index (χ3n) is 5.92. The maximum absolute atomic E-state index is 13.0. The van der Waals surface area contributed by atoms with Gasteiger partial charge in [0.15, 0.2) is 0 Å². The quantitative estimate of drug-likeness (QED) is 0.569. The highest BCUT2D eigenvalue weighted by Crippen LogP contribution is 2.24. The van der Waals surface area contributed by atoms with E-state index in [0.29, 0.717) is 38.6 Å². The van der Waals surface area contributed by atoms with E-state index in [1.54, 1.807) is 12.1 Å². The van der Waals surface area contributed by atoms with Crippen LogP contribution >= 0.6 is 0 Å². The van der Waals surface area contributed by atoms with E-state index >= 15 is 0 Å². The minimum Gasteiger partial charge on any atom is -0.296 e. The van der Waals surface area contributed by atoms with E-state index < -0.39 is 30.5 Å². The predicted octanol–water partition coefficient (Wildman–Crippen LogP) is 3.70. The lowest BCUT2D eigenvalue weighted by molar-refractivity contribution is 0.181. The molecule has 0 aromatic heterocycles. The third-order valence-corrected chi connectivity index (χ3v) is 9.23. The van der Waals surface area contributed by atoms with Gasteiger partial charge in [-0.05, 0) is 47.7 Å². The summed E-state index contributed by atoms with van der Waals surface area (Å²) in [5.41, 5.74) is 1.89. The van der Waals surface area contributed by atoms with Crippen LogP contribution in [0.2, 0.25) is 0 Å². The topological polar surface area (TPSA) is 74.8 Å². The largest absolute Gasteiger partial charge is 0.341 e. The molecule has 1 fully saturated rings. The van der Waals surface area contributed by atoms with Crippen LogP contribution in [0.1, 0.15) is 37.3 Å². The number of nitrogens with zero attached hydrogens (tertiary/aromatic N) is 2. The van der Waals surface area contributed by atoms with Gasteiger partial charge in [-0.1, -0.05) is 38.1 Å². The Morgan fingerprint density at radius 3 is 1.88 bits per heavy atom. The molecule has 1 aliphatic heterocycles. The predicted molar refractivity (Wildman–Crippen MR) is 119 cm³/mol. The molecule has 0 spiro atoms. The minimum absolute atomic E-state index is 0.286. The number of rotatable bonds is 8. The van der Waals surface area contributed by atoms with Gasteiger partial charge in [0.25, 0.3) is 0 Å². The Kier molecular flexibility index (Phi) is 7.69. The standard InChI is InChI=1S/C22H28F2N2O4S2/c1-3-17(2)19-6-10-21(11-7-19)32(29,30)26-14-12-25(13-15-26)16-18-4-8-20(9-5-18)31(27,28)22(23)24/h4-11,17,22H,3,12-16H2,1-2H3. The zero-order valence-corrected chi connectivity index (χ0v) is 19.7. The molecule has 1 aliphatic rings. The number of sulfonamides is 1. The molecule has 0 radical (unpaired) electrons. The summed E-state index contributed by atoms with van der Waals surface area (Å²) >= 11 is 0. The summed E-state index contributed by atoms with van der Waals surface area (Å²) in [6.45, 7) is 6.39. The van der Waals surface area contributed by atoms with Gasteiger partial charge in [-0.3, -0.25) is 4.90 Å². The smallest absolute Gasteiger partial charge is 0.296 e. The van der Waals surface area contributed by atoms with Crippen molar-refractivity contribution in [3.8, 4) is 0 Å².